The summed E-state index contributed by atoms with van der Waals surface area (Å²) in [5.41, 5.74) is 0.0836. The molecule has 1 aromatic rings. The van der Waals surface area contributed by atoms with Gasteiger partial charge in [-0.15, -0.1) is 0 Å². The molecule has 0 spiro atoms. The number of halogens is 3. The van der Waals surface area contributed by atoms with Gasteiger partial charge < -0.3 is 5.11 Å². The van der Waals surface area contributed by atoms with Crippen LogP contribution in [-0.4, -0.2) is 52.8 Å². The Bertz CT molecular complexity index is 572. The van der Waals surface area contributed by atoms with Crippen molar-refractivity contribution in [1.82, 2.24) is 4.90 Å². The summed E-state index contributed by atoms with van der Waals surface area (Å²) in [5.74, 6) is -3.79. The van der Waals surface area contributed by atoms with Crippen molar-refractivity contribution in [1.29, 1.82) is 0 Å². The summed E-state index contributed by atoms with van der Waals surface area (Å²) in [6.07, 6.45) is -8.65. The molecule has 21 heavy (non-hydrogen) atoms. The van der Waals surface area contributed by atoms with Crippen LogP contribution in [0.1, 0.15) is 20.7 Å². The van der Waals surface area contributed by atoms with Gasteiger partial charge in [-0.3, -0.25) is 14.5 Å². The van der Waals surface area contributed by atoms with E-state index in [-0.39, 0.29) is 11.1 Å². The van der Waals surface area contributed by atoms with E-state index in [1.165, 1.54) is 24.3 Å². The van der Waals surface area contributed by atoms with Gasteiger partial charge in [-0.1, -0.05) is 12.1 Å². The molecule has 0 saturated heterocycles. The molecular formula is C13H10F3NO4. The number of carbonyl (C=O) groups excluding carboxylic acids is 2. The van der Waals surface area contributed by atoms with Gasteiger partial charge in [0.05, 0.1) is 17.7 Å². The first-order valence-electron chi connectivity index (χ1n) is 5.95. The number of carboxylic acid groups (broad SMARTS) is 1. The van der Waals surface area contributed by atoms with Crippen LogP contribution in [0.4, 0.5) is 13.2 Å². The van der Waals surface area contributed by atoms with Crippen LogP contribution >= 0.6 is 0 Å². The van der Waals surface area contributed by atoms with Crippen molar-refractivity contribution in [3.63, 3.8) is 0 Å². The summed E-state index contributed by atoms with van der Waals surface area (Å²) >= 11 is 0. The van der Waals surface area contributed by atoms with Crippen molar-refractivity contribution >= 4 is 17.8 Å². The fourth-order valence-corrected chi connectivity index (χ4v) is 2.00. The molecule has 112 valence electrons. The van der Waals surface area contributed by atoms with Crippen molar-refractivity contribution in [3.8, 4) is 0 Å². The summed E-state index contributed by atoms with van der Waals surface area (Å²) in [7, 11) is 0. The highest BCUT2D eigenvalue weighted by molar-refractivity contribution is 6.21. The molecule has 0 fully saturated rings. The van der Waals surface area contributed by atoms with Crippen LogP contribution in [0.2, 0.25) is 0 Å². The zero-order valence-corrected chi connectivity index (χ0v) is 10.5. The van der Waals surface area contributed by atoms with Crippen LogP contribution in [0.15, 0.2) is 24.3 Å². The molecule has 3 atom stereocenters. The fraction of sp³-hybridized carbons (Fsp3) is 0.308. The van der Waals surface area contributed by atoms with Crippen LogP contribution in [0.25, 0.3) is 0 Å². The van der Waals surface area contributed by atoms with Gasteiger partial charge >= 0.3 is 5.97 Å². The maximum atomic E-state index is 13.6. The SMILES string of the molecule is O=C(O)[C@H](F)[C@@H](F)[C@H](F)CN1C(=O)c2ccccc2C1=O. The standard InChI is InChI=1S/C13H10F3NO4/c14-8(9(15)10(16)13(20)21)5-17-11(18)6-3-1-2-4-7(6)12(17)19/h1-4,8-10H,5H2,(H,20,21)/t8-,9+,10-/m1/s1. The van der Waals surface area contributed by atoms with E-state index >= 15 is 0 Å². The molecule has 0 bridgehead atoms. The van der Waals surface area contributed by atoms with E-state index < -0.39 is 42.8 Å². The van der Waals surface area contributed by atoms with E-state index in [0.717, 1.165) is 0 Å². The summed E-state index contributed by atoms with van der Waals surface area (Å²) in [6, 6.07) is 5.71. The van der Waals surface area contributed by atoms with E-state index in [1.54, 1.807) is 0 Å². The van der Waals surface area contributed by atoms with E-state index in [9.17, 15) is 27.6 Å². The van der Waals surface area contributed by atoms with Crippen molar-refractivity contribution in [2.45, 2.75) is 18.5 Å². The minimum Gasteiger partial charge on any atom is -0.479 e. The highest BCUT2D eigenvalue weighted by Gasteiger charge is 2.41. The Balaban J connectivity index is 2.13. The molecule has 2 amide bonds. The number of alkyl halides is 3. The summed E-state index contributed by atoms with van der Waals surface area (Å²) in [4.78, 5) is 34.5. The topological polar surface area (TPSA) is 74.7 Å². The average Bonchev–Trinajstić information content (AvgIpc) is 2.71. The number of carboxylic acids is 1. The molecule has 8 heteroatoms. The van der Waals surface area contributed by atoms with Gasteiger partial charge in [0.1, 0.15) is 0 Å². The van der Waals surface area contributed by atoms with Gasteiger partial charge in [-0.25, -0.2) is 18.0 Å². The van der Waals surface area contributed by atoms with E-state index in [1.807, 2.05) is 0 Å². The number of nitrogens with zero attached hydrogens (tertiary/aromatic N) is 1. The van der Waals surface area contributed by atoms with Crippen LogP contribution in [0.3, 0.4) is 0 Å². The van der Waals surface area contributed by atoms with Crippen LogP contribution < -0.4 is 0 Å². The summed E-state index contributed by atoms with van der Waals surface area (Å²) < 4.78 is 39.8. The van der Waals surface area contributed by atoms with Gasteiger partial charge in [-0.05, 0) is 12.1 Å². The molecule has 0 aliphatic carbocycles. The third-order valence-electron chi connectivity index (χ3n) is 3.10. The van der Waals surface area contributed by atoms with Crippen molar-refractivity contribution < 1.29 is 32.7 Å². The zero-order valence-electron chi connectivity index (χ0n) is 10.5. The number of carbonyl (C=O) groups is 3. The molecule has 1 N–H and O–H groups in total. The van der Waals surface area contributed by atoms with Crippen LogP contribution in [0.5, 0.6) is 0 Å². The maximum absolute atomic E-state index is 13.6. The minimum absolute atomic E-state index is 0.0418. The third-order valence-corrected chi connectivity index (χ3v) is 3.10. The molecular weight excluding hydrogens is 291 g/mol. The second kappa shape index (κ2) is 5.55. The lowest BCUT2D eigenvalue weighted by Gasteiger charge is -2.20. The quantitative estimate of drug-likeness (QED) is 0.834. The number of hydrogen-bond donors (Lipinski definition) is 1. The van der Waals surface area contributed by atoms with E-state index in [2.05, 4.69) is 0 Å². The summed E-state index contributed by atoms with van der Waals surface area (Å²) in [6.45, 7) is -1.04. The number of rotatable bonds is 5. The molecule has 1 aromatic carbocycles. The molecule has 0 unspecified atom stereocenters. The smallest absolute Gasteiger partial charge is 0.341 e. The zero-order chi connectivity index (χ0) is 15.7. The van der Waals surface area contributed by atoms with Crippen molar-refractivity contribution in [3.05, 3.63) is 35.4 Å². The Hall–Kier alpha value is -2.38. The van der Waals surface area contributed by atoms with Crippen molar-refractivity contribution in [2.75, 3.05) is 6.54 Å². The third kappa shape index (κ3) is 2.61. The number of fused-ring (bicyclic) bond motifs is 1. The number of amides is 2. The highest BCUT2D eigenvalue weighted by atomic mass is 19.2. The first-order valence-corrected chi connectivity index (χ1v) is 5.95. The molecule has 1 aliphatic heterocycles. The Morgan fingerprint density at radius 1 is 1.10 bits per heavy atom. The second-order valence-corrected chi connectivity index (χ2v) is 4.47. The second-order valence-electron chi connectivity index (χ2n) is 4.47. The minimum atomic E-state index is -3.06. The first-order chi connectivity index (χ1) is 9.84. The lowest BCUT2D eigenvalue weighted by atomic mass is 10.1. The fourth-order valence-electron chi connectivity index (χ4n) is 2.00. The predicted octanol–water partition coefficient (Wildman–Crippen LogP) is 1.38. The molecule has 5 nitrogen and oxygen atoms in total. The Labute approximate surface area is 117 Å². The molecule has 1 heterocycles. The molecule has 0 aromatic heterocycles. The van der Waals surface area contributed by atoms with Gasteiger partial charge in [0.25, 0.3) is 11.8 Å². The molecule has 0 radical (unpaired) electrons. The van der Waals surface area contributed by atoms with Crippen LogP contribution in [0, 0.1) is 0 Å². The lowest BCUT2D eigenvalue weighted by molar-refractivity contribution is -0.146. The van der Waals surface area contributed by atoms with Crippen LogP contribution in [-0.2, 0) is 4.79 Å². The normalized spacial score (nSPS) is 18.3. The number of benzene rings is 1. The predicted molar refractivity (Wildman–Crippen MR) is 64.1 cm³/mol. The lowest BCUT2D eigenvalue weighted by Crippen LogP contribution is -2.43. The molecule has 1 aliphatic rings. The maximum Gasteiger partial charge on any atom is 0.341 e. The Kier molecular flexibility index (Phi) is 3.97. The number of hydrogen-bond acceptors (Lipinski definition) is 3. The number of imide groups is 1. The van der Waals surface area contributed by atoms with Crippen molar-refractivity contribution in [2.24, 2.45) is 0 Å². The van der Waals surface area contributed by atoms with Gasteiger partial charge in [0.2, 0.25) is 6.17 Å². The van der Waals surface area contributed by atoms with E-state index in [0.29, 0.717) is 4.90 Å². The van der Waals surface area contributed by atoms with Gasteiger partial charge in [-0.2, -0.15) is 0 Å². The highest BCUT2D eigenvalue weighted by Crippen LogP contribution is 2.24. The van der Waals surface area contributed by atoms with Gasteiger partial charge in [0, 0.05) is 0 Å². The monoisotopic (exact) mass is 301 g/mol. The van der Waals surface area contributed by atoms with E-state index in [4.69, 9.17) is 5.11 Å². The molecule has 2 rings (SSSR count). The molecule has 0 saturated carbocycles. The largest absolute Gasteiger partial charge is 0.479 e. The Morgan fingerprint density at radius 2 is 1.57 bits per heavy atom. The number of aliphatic carboxylic acids is 1. The summed E-state index contributed by atoms with van der Waals surface area (Å²) in [5, 5.41) is 8.28. The Morgan fingerprint density at radius 3 is 2.00 bits per heavy atom. The first kappa shape index (κ1) is 15.0. The van der Waals surface area contributed by atoms with Gasteiger partial charge in [0.15, 0.2) is 12.3 Å². The average molecular weight is 301 g/mol.